The SMILES string of the molecule is COC(=O)c1cn(C(=O)[C@@H]2CN(S(=O)(=O)c3ccc(OC)cc3)c3cc(C)ccc3O2)c2ccccc12. The van der Waals surface area contributed by atoms with Crippen LogP contribution in [-0.2, 0) is 14.8 Å². The molecule has 1 aliphatic heterocycles. The largest absolute Gasteiger partial charge is 0.497 e. The zero-order valence-electron chi connectivity index (χ0n) is 20.4. The lowest BCUT2D eigenvalue weighted by Gasteiger charge is -2.35. The number of para-hydroxylation sites is 1. The molecule has 0 bridgehead atoms. The van der Waals surface area contributed by atoms with Crippen molar-refractivity contribution in [2.24, 2.45) is 0 Å². The van der Waals surface area contributed by atoms with E-state index in [1.807, 2.05) is 6.92 Å². The molecule has 0 saturated heterocycles. The van der Waals surface area contributed by atoms with Gasteiger partial charge in [0, 0.05) is 11.6 Å². The van der Waals surface area contributed by atoms with Gasteiger partial charge in [0.2, 0.25) is 0 Å². The summed E-state index contributed by atoms with van der Waals surface area (Å²) in [6, 6.07) is 18.1. The Morgan fingerprint density at radius 1 is 1.00 bits per heavy atom. The fourth-order valence-electron chi connectivity index (χ4n) is 4.38. The van der Waals surface area contributed by atoms with E-state index in [1.54, 1.807) is 54.6 Å². The van der Waals surface area contributed by atoms with Crippen molar-refractivity contribution < 1.29 is 32.2 Å². The minimum Gasteiger partial charge on any atom is -0.497 e. The summed E-state index contributed by atoms with van der Waals surface area (Å²) in [7, 11) is -1.30. The summed E-state index contributed by atoms with van der Waals surface area (Å²) >= 11 is 0. The van der Waals surface area contributed by atoms with Crippen LogP contribution in [-0.4, -0.2) is 51.7 Å². The maximum Gasteiger partial charge on any atom is 0.340 e. The van der Waals surface area contributed by atoms with Gasteiger partial charge in [-0.05, 0) is 55.0 Å². The topological polar surface area (TPSA) is 104 Å². The number of rotatable bonds is 5. The molecule has 0 aliphatic carbocycles. The molecule has 0 saturated carbocycles. The highest BCUT2D eigenvalue weighted by molar-refractivity contribution is 7.92. The monoisotopic (exact) mass is 520 g/mol. The highest BCUT2D eigenvalue weighted by Gasteiger charge is 2.39. The first-order chi connectivity index (χ1) is 17.7. The predicted molar refractivity (Wildman–Crippen MR) is 137 cm³/mol. The molecule has 2 heterocycles. The van der Waals surface area contributed by atoms with Gasteiger partial charge in [0.05, 0.1) is 42.4 Å². The van der Waals surface area contributed by atoms with Gasteiger partial charge >= 0.3 is 5.97 Å². The van der Waals surface area contributed by atoms with Crippen molar-refractivity contribution in [3.63, 3.8) is 0 Å². The van der Waals surface area contributed by atoms with Crippen molar-refractivity contribution >= 4 is 38.5 Å². The summed E-state index contributed by atoms with van der Waals surface area (Å²) in [5, 5.41) is 0.539. The zero-order chi connectivity index (χ0) is 26.3. The number of hydrogen-bond acceptors (Lipinski definition) is 7. The molecule has 0 fully saturated rings. The molecule has 1 atom stereocenters. The molecular formula is C27H24N2O7S. The van der Waals surface area contributed by atoms with E-state index in [0.29, 0.717) is 22.3 Å². The molecule has 1 aromatic heterocycles. The van der Waals surface area contributed by atoms with E-state index in [4.69, 9.17) is 14.2 Å². The maximum absolute atomic E-state index is 13.8. The molecule has 0 radical (unpaired) electrons. The minimum atomic E-state index is -4.06. The molecule has 9 nitrogen and oxygen atoms in total. The van der Waals surface area contributed by atoms with Gasteiger partial charge in [-0.1, -0.05) is 24.3 Å². The van der Waals surface area contributed by atoms with E-state index in [-0.39, 0.29) is 22.8 Å². The number of nitrogens with zero attached hydrogens (tertiary/aromatic N) is 2. The molecule has 4 aromatic rings. The van der Waals surface area contributed by atoms with Crippen LogP contribution in [0.4, 0.5) is 5.69 Å². The van der Waals surface area contributed by atoms with E-state index < -0.39 is 28.0 Å². The molecule has 0 spiro atoms. The van der Waals surface area contributed by atoms with Gasteiger partial charge in [0.25, 0.3) is 15.9 Å². The van der Waals surface area contributed by atoms with Crippen LogP contribution in [0.15, 0.2) is 77.8 Å². The Hall–Kier alpha value is -4.31. The number of methoxy groups -OCH3 is 2. The van der Waals surface area contributed by atoms with E-state index in [2.05, 4.69) is 0 Å². The van der Waals surface area contributed by atoms with Crippen molar-refractivity contribution in [3.8, 4) is 11.5 Å². The molecular weight excluding hydrogens is 496 g/mol. The lowest BCUT2D eigenvalue weighted by molar-refractivity contribution is 0.0602. The number of hydrogen-bond donors (Lipinski definition) is 0. The van der Waals surface area contributed by atoms with Gasteiger partial charge < -0.3 is 14.2 Å². The van der Waals surface area contributed by atoms with Crippen LogP contribution in [0.1, 0.15) is 20.7 Å². The predicted octanol–water partition coefficient (Wildman–Crippen LogP) is 4.04. The third kappa shape index (κ3) is 4.19. The van der Waals surface area contributed by atoms with Crippen molar-refractivity contribution in [3.05, 3.63) is 84.1 Å². The highest BCUT2D eigenvalue weighted by Crippen LogP contribution is 2.38. The number of aromatic nitrogens is 1. The van der Waals surface area contributed by atoms with Gasteiger partial charge in [0.15, 0.2) is 6.10 Å². The molecule has 10 heteroatoms. The summed E-state index contributed by atoms with van der Waals surface area (Å²) < 4.78 is 46.1. The Kier molecular flexibility index (Phi) is 6.12. The van der Waals surface area contributed by atoms with Crippen molar-refractivity contribution in [2.75, 3.05) is 25.1 Å². The normalized spacial score (nSPS) is 15.1. The lowest BCUT2D eigenvalue weighted by atomic mass is 10.1. The number of esters is 1. The van der Waals surface area contributed by atoms with Crippen molar-refractivity contribution in [1.29, 1.82) is 0 Å². The fourth-order valence-corrected chi connectivity index (χ4v) is 5.85. The Labute approximate surface area is 213 Å². The second-order valence-electron chi connectivity index (χ2n) is 8.55. The Balaban J connectivity index is 1.59. The third-order valence-electron chi connectivity index (χ3n) is 6.26. The van der Waals surface area contributed by atoms with Crippen LogP contribution < -0.4 is 13.8 Å². The molecule has 1 aliphatic rings. The van der Waals surface area contributed by atoms with Crippen molar-refractivity contribution in [2.45, 2.75) is 17.9 Å². The quantitative estimate of drug-likeness (QED) is 0.366. The maximum atomic E-state index is 13.8. The Morgan fingerprint density at radius 2 is 1.73 bits per heavy atom. The van der Waals surface area contributed by atoms with Crippen LogP contribution in [0.3, 0.4) is 0 Å². The number of benzene rings is 3. The van der Waals surface area contributed by atoms with E-state index in [1.165, 1.54) is 41.4 Å². The molecule has 3 aromatic carbocycles. The zero-order valence-corrected chi connectivity index (χ0v) is 21.2. The van der Waals surface area contributed by atoms with Crippen LogP contribution >= 0.6 is 0 Å². The van der Waals surface area contributed by atoms with Gasteiger partial charge in [0.1, 0.15) is 11.5 Å². The average molecular weight is 521 g/mol. The van der Waals surface area contributed by atoms with E-state index >= 15 is 0 Å². The molecule has 190 valence electrons. The Morgan fingerprint density at radius 3 is 2.43 bits per heavy atom. The van der Waals surface area contributed by atoms with Crippen LogP contribution in [0.5, 0.6) is 11.5 Å². The number of ether oxygens (including phenoxy) is 3. The molecule has 0 amide bonds. The van der Waals surface area contributed by atoms with Gasteiger partial charge in [-0.15, -0.1) is 0 Å². The smallest absolute Gasteiger partial charge is 0.340 e. The summed E-state index contributed by atoms with van der Waals surface area (Å²) in [4.78, 5) is 26.2. The molecule has 37 heavy (non-hydrogen) atoms. The number of carbonyl (C=O) groups excluding carboxylic acids is 2. The number of sulfonamides is 1. The molecule has 0 N–H and O–H groups in total. The first kappa shape index (κ1) is 24.4. The first-order valence-electron chi connectivity index (χ1n) is 11.4. The van der Waals surface area contributed by atoms with Gasteiger partial charge in [-0.3, -0.25) is 13.7 Å². The number of aryl methyl sites for hydroxylation is 1. The summed E-state index contributed by atoms with van der Waals surface area (Å²) in [6.07, 6.45) is 0.222. The highest BCUT2D eigenvalue weighted by atomic mass is 32.2. The van der Waals surface area contributed by atoms with Crippen LogP contribution in [0, 0.1) is 6.92 Å². The van der Waals surface area contributed by atoms with Crippen LogP contribution in [0.25, 0.3) is 10.9 Å². The lowest BCUT2D eigenvalue weighted by Crippen LogP contribution is -2.48. The second-order valence-corrected chi connectivity index (χ2v) is 10.4. The van der Waals surface area contributed by atoms with E-state index in [9.17, 15) is 18.0 Å². The number of carbonyl (C=O) groups is 2. The number of anilines is 1. The first-order valence-corrected chi connectivity index (χ1v) is 12.9. The fraction of sp³-hybridized carbons (Fsp3) is 0.185. The van der Waals surface area contributed by atoms with Crippen molar-refractivity contribution in [1.82, 2.24) is 4.57 Å². The average Bonchev–Trinajstić information content (AvgIpc) is 3.31. The van der Waals surface area contributed by atoms with Gasteiger partial charge in [-0.2, -0.15) is 0 Å². The molecule has 0 unspecified atom stereocenters. The third-order valence-corrected chi connectivity index (χ3v) is 8.06. The standard InChI is InChI=1S/C27H24N2O7S/c1-17-8-13-24-23(14-17)29(37(32,33)19-11-9-18(34-2)10-12-19)16-25(36-24)26(30)28-15-21(27(31)35-3)20-6-4-5-7-22(20)28/h4-15,25H,16H2,1-3H3/t25-/m0/s1. The number of fused-ring (bicyclic) bond motifs is 2. The second kappa shape index (κ2) is 9.29. The van der Waals surface area contributed by atoms with Gasteiger partial charge in [-0.25, -0.2) is 13.2 Å². The summed E-state index contributed by atoms with van der Waals surface area (Å²) in [5.41, 5.74) is 1.88. The van der Waals surface area contributed by atoms with E-state index in [0.717, 1.165) is 5.56 Å². The minimum absolute atomic E-state index is 0.0493. The summed E-state index contributed by atoms with van der Waals surface area (Å²) in [6.45, 7) is 1.58. The molecule has 5 rings (SSSR count). The van der Waals surface area contributed by atoms with Crippen LogP contribution in [0.2, 0.25) is 0 Å². The Bertz CT molecular complexity index is 1620. The summed E-state index contributed by atoms with van der Waals surface area (Å²) in [5.74, 6) is -0.326.